The molecular weight excluding hydrogens is 548 g/mol. The third-order valence-electron chi connectivity index (χ3n) is 7.22. The number of aromatic nitrogens is 4. The predicted octanol–water partition coefficient (Wildman–Crippen LogP) is 6.27. The van der Waals surface area contributed by atoms with Gasteiger partial charge in [-0.2, -0.15) is 0 Å². The molecule has 0 N–H and O–H groups in total. The van der Waals surface area contributed by atoms with Crippen molar-refractivity contribution in [1.82, 2.24) is 19.6 Å². The van der Waals surface area contributed by atoms with Crippen molar-refractivity contribution < 1.29 is 23.4 Å². The summed E-state index contributed by atoms with van der Waals surface area (Å²) in [6.07, 6.45) is 2.73. The number of aryl methyl sites for hydroxylation is 1. The van der Waals surface area contributed by atoms with Crippen LogP contribution >= 0.6 is 22.7 Å². The summed E-state index contributed by atoms with van der Waals surface area (Å²) in [5, 5.41) is 8.85. The third-order valence-corrected chi connectivity index (χ3v) is 9.20. The van der Waals surface area contributed by atoms with Crippen molar-refractivity contribution in [1.29, 1.82) is 0 Å². The number of furan rings is 1. The molecule has 40 heavy (non-hydrogen) atoms. The maximum atomic E-state index is 6.32. The van der Waals surface area contributed by atoms with Gasteiger partial charge in [0.15, 0.2) is 5.76 Å². The highest BCUT2D eigenvalue weighted by Gasteiger charge is 2.41. The summed E-state index contributed by atoms with van der Waals surface area (Å²) in [6, 6.07) is 14.3. The van der Waals surface area contributed by atoms with E-state index >= 15 is 0 Å². The number of nitrogens with zero attached hydrogens (tertiary/aromatic N) is 4. The van der Waals surface area contributed by atoms with Gasteiger partial charge in [0.05, 0.1) is 43.5 Å². The van der Waals surface area contributed by atoms with E-state index in [1.54, 1.807) is 30.1 Å². The lowest BCUT2D eigenvalue weighted by molar-refractivity contribution is 0.184. The number of imidazole rings is 1. The molecule has 5 heterocycles. The van der Waals surface area contributed by atoms with Crippen LogP contribution in [-0.4, -0.2) is 47.0 Å². The lowest BCUT2D eigenvalue weighted by atomic mass is 9.80. The number of fused-ring (bicyclic) bond motifs is 2. The standard InChI is InChI=1S/C29H26N4O5S2/c1-17-4-6-18(7-5-17)29(8-9-36-16-29)26-30-19(15-39-26)14-37-23-10-20(34-2)11-24-21(23)12-25(38-24)22-13-33-27(31-22)40-28(32-33)35-3/h4-7,10-13,15H,8-9,14,16H2,1-3H3. The van der Waals surface area contributed by atoms with E-state index in [2.05, 4.69) is 46.7 Å². The molecule has 1 unspecified atom stereocenters. The number of methoxy groups -OCH3 is 2. The van der Waals surface area contributed by atoms with E-state index in [0.29, 0.717) is 46.9 Å². The Balaban J connectivity index is 1.17. The largest absolute Gasteiger partial charge is 0.496 e. The molecular formula is C29H26N4O5S2. The van der Waals surface area contributed by atoms with Crippen LogP contribution in [0.3, 0.4) is 0 Å². The zero-order valence-electron chi connectivity index (χ0n) is 22.2. The van der Waals surface area contributed by atoms with Gasteiger partial charge in [-0.1, -0.05) is 29.8 Å². The number of thiazole rings is 1. The van der Waals surface area contributed by atoms with Crippen molar-refractivity contribution in [2.75, 3.05) is 27.4 Å². The summed E-state index contributed by atoms with van der Waals surface area (Å²) in [6.45, 7) is 3.77. The van der Waals surface area contributed by atoms with Gasteiger partial charge in [-0.15, -0.1) is 16.4 Å². The second-order valence-electron chi connectivity index (χ2n) is 9.76. The van der Waals surface area contributed by atoms with Gasteiger partial charge in [0.1, 0.15) is 34.4 Å². The van der Waals surface area contributed by atoms with Gasteiger partial charge in [-0.05, 0) is 36.3 Å². The molecule has 11 heteroatoms. The second kappa shape index (κ2) is 9.92. The maximum Gasteiger partial charge on any atom is 0.294 e. The molecule has 4 aromatic heterocycles. The minimum absolute atomic E-state index is 0.226. The predicted molar refractivity (Wildman–Crippen MR) is 153 cm³/mol. The molecule has 1 fully saturated rings. The van der Waals surface area contributed by atoms with Gasteiger partial charge < -0.3 is 23.4 Å². The Kier molecular flexibility index (Phi) is 6.21. The molecule has 9 nitrogen and oxygen atoms in total. The Hall–Kier alpha value is -3.93. The SMILES string of the molecule is COc1cc(OCc2csc(C3(c4ccc(C)cc4)CCOC3)n2)c2cc(-c3cn4nc(OC)sc4n3)oc2c1. The van der Waals surface area contributed by atoms with E-state index in [4.69, 9.17) is 28.3 Å². The third kappa shape index (κ3) is 4.30. The van der Waals surface area contributed by atoms with Crippen LogP contribution in [0.5, 0.6) is 16.7 Å². The topological polar surface area (TPSA) is 93.1 Å². The first-order valence-electron chi connectivity index (χ1n) is 12.8. The van der Waals surface area contributed by atoms with E-state index in [9.17, 15) is 0 Å². The fourth-order valence-corrected chi connectivity index (χ4v) is 6.77. The fourth-order valence-electron chi connectivity index (χ4n) is 5.03. The normalized spacial score (nSPS) is 17.2. The van der Waals surface area contributed by atoms with E-state index < -0.39 is 0 Å². The van der Waals surface area contributed by atoms with Crippen molar-refractivity contribution in [3.8, 4) is 28.1 Å². The van der Waals surface area contributed by atoms with Crippen molar-refractivity contribution in [3.63, 3.8) is 0 Å². The fraction of sp³-hybridized carbons (Fsp3) is 0.276. The Morgan fingerprint density at radius 1 is 1.07 bits per heavy atom. The van der Waals surface area contributed by atoms with Crippen LogP contribution in [-0.2, 0) is 16.8 Å². The lowest BCUT2D eigenvalue weighted by Gasteiger charge is -2.25. The van der Waals surface area contributed by atoms with Crippen molar-refractivity contribution in [2.24, 2.45) is 0 Å². The van der Waals surface area contributed by atoms with Crippen LogP contribution < -0.4 is 14.2 Å². The summed E-state index contributed by atoms with van der Waals surface area (Å²) in [7, 11) is 3.21. The summed E-state index contributed by atoms with van der Waals surface area (Å²) in [5.74, 6) is 1.90. The molecule has 7 rings (SSSR count). The van der Waals surface area contributed by atoms with Gasteiger partial charge in [0, 0.05) is 24.1 Å². The van der Waals surface area contributed by atoms with E-state index in [-0.39, 0.29) is 5.41 Å². The second-order valence-corrected chi connectivity index (χ2v) is 11.5. The average molecular weight is 575 g/mol. The van der Waals surface area contributed by atoms with Crippen LogP contribution in [0.4, 0.5) is 0 Å². The first-order chi connectivity index (χ1) is 19.5. The molecule has 1 aliphatic heterocycles. The van der Waals surface area contributed by atoms with Crippen LogP contribution in [0.15, 0.2) is 58.5 Å². The molecule has 0 bridgehead atoms. The van der Waals surface area contributed by atoms with Gasteiger partial charge >= 0.3 is 0 Å². The first-order valence-corrected chi connectivity index (χ1v) is 14.5. The van der Waals surface area contributed by atoms with Crippen LogP contribution in [0.2, 0.25) is 0 Å². The van der Waals surface area contributed by atoms with Crippen LogP contribution in [0, 0.1) is 6.92 Å². The molecule has 0 saturated carbocycles. The van der Waals surface area contributed by atoms with Gasteiger partial charge in [0.25, 0.3) is 5.19 Å². The molecule has 0 aliphatic carbocycles. The molecule has 1 atom stereocenters. The highest BCUT2D eigenvalue weighted by molar-refractivity contribution is 7.18. The minimum Gasteiger partial charge on any atom is -0.496 e. The Bertz CT molecular complexity index is 1780. The monoisotopic (exact) mass is 574 g/mol. The highest BCUT2D eigenvalue weighted by Crippen LogP contribution is 2.42. The lowest BCUT2D eigenvalue weighted by Crippen LogP contribution is -2.28. The Labute approximate surface area is 237 Å². The van der Waals surface area contributed by atoms with E-state index in [1.807, 2.05) is 24.4 Å². The molecule has 0 radical (unpaired) electrons. The summed E-state index contributed by atoms with van der Waals surface area (Å²) >= 11 is 3.02. The molecule has 1 saturated heterocycles. The molecule has 0 spiro atoms. The molecule has 1 aliphatic rings. The molecule has 0 amide bonds. The highest BCUT2D eigenvalue weighted by atomic mass is 32.1. The number of ether oxygens (including phenoxy) is 4. The molecule has 2 aromatic carbocycles. The first kappa shape index (κ1) is 25.1. The maximum absolute atomic E-state index is 6.32. The minimum atomic E-state index is -0.226. The quantitative estimate of drug-likeness (QED) is 0.210. The van der Waals surface area contributed by atoms with Crippen LogP contribution in [0.1, 0.15) is 28.2 Å². The van der Waals surface area contributed by atoms with Gasteiger partial charge in [-0.3, -0.25) is 0 Å². The number of hydrogen-bond acceptors (Lipinski definition) is 10. The number of hydrogen-bond donors (Lipinski definition) is 0. The van der Waals surface area contributed by atoms with E-state index in [0.717, 1.165) is 34.1 Å². The van der Waals surface area contributed by atoms with Crippen molar-refractivity contribution >= 4 is 38.6 Å². The zero-order chi connectivity index (χ0) is 27.3. The number of benzene rings is 2. The van der Waals surface area contributed by atoms with Crippen molar-refractivity contribution in [2.45, 2.75) is 25.4 Å². The summed E-state index contributed by atoms with van der Waals surface area (Å²) in [4.78, 5) is 10.4. The molecule has 204 valence electrons. The Morgan fingerprint density at radius 2 is 1.95 bits per heavy atom. The van der Waals surface area contributed by atoms with Gasteiger partial charge in [0.2, 0.25) is 4.96 Å². The summed E-state index contributed by atoms with van der Waals surface area (Å²) < 4.78 is 30.8. The van der Waals surface area contributed by atoms with Gasteiger partial charge in [-0.25, -0.2) is 14.5 Å². The average Bonchev–Trinajstić information content (AvgIpc) is 3.79. The smallest absolute Gasteiger partial charge is 0.294 e. The van der Waals surface area contributed by atoms with Crippen LogP contribution in [0.25, 0.3) is 27.4 Å². The zero-order valence-corrected chi connectivity index (χ0v) is 23.8. The van der Waals surface area contributed by atoms with E-state index in [1.165, 1.54) is 22.5 Å². The molecule has 6 aromatic rings. The van der Waals surface area contributed by atoms with Crippen molar-refractivity contribution in [3.05, 3.63) is 75.9 Å². The summed E-state index contributed by atoms with van der Waals surface area (Å²) in [5.41, 5.74) is 4.44. The number of rotatable bonds is 8. The Morgan fingerprint density at radius 3 is 2.70 bits per heavy atom.